The van der Waals surface area contributed by atoms with Gasteiger partial charge in [0, 0.05) is 16.8 Å². The number of fused-ring (bicyclic) bond motifs is 9. The number of hydrogen-bond donors (Lipinski definition) is 0. The van der Waals surface area contributed by atoms with E-state index in [1.165, 1.54) is 65.3 Å². The Morgan fingerprint density at radius 3 is 1.33 bits per heavy atom. The van der Waals surface area contributed by atoms with Crippen molar-refractivity contribution in [2.24, 2.45) is 0 Å². The molecule has 0 radical (unpaired) electrons. The molecule has 252 valence electrons. The maximum absolute atomic E-state index is 6.45. The topological polar surface area (TPSA) is 16.4 Å². The van der Waals surface area contributed by atoms with Crippen LogP contribution in [0.5, 0.6) is 0 Å². The molecular formula is C52H33NO. The van der Waals surface area contributed by atoms with E-state index >= 15 is 0 Å². The number of hydrogen-bond acceptors (Lipinski definition) is 2. The van der Waals surface area contributed by atoms with Gasteiger partial charge < -0.3 is 9.32 Å². The molecular weight excluding hydrogens is 655 g/mol. The molecule has 0 amide bonds. The van der Waals surface area contributed by atoms with Crippen LogP contribution in [-0.4, -0.2) is 0 Å². The minimum atomic E-state index is 0.868. The lowest BCUT2D eigenvalue weighted by Crippen LogP contribution is -2.10. The molecule has 0 saturated carbocycles. The molecule has 1 heterocycles. The summed E-state index contributed by atoms with van der Waals surface area (Å²) in [5.41, 5.74) is 9.73. The first kappa shape index (κ1) is 30.5. The van der Waals surface area contributed by atoms with Crippen molar-refractivity contribution in [2.75, 3.05) is 4.90 Å². The van der Waals surface area contributed by atoms with Crippen LogP contribution in [0.15, 0.2) is 205 Å². The second-order valence-electron chi connectivity index (χ2n) is 14.1. The van der Waals surface area contributed by atoms with Crippen molar-refractivity contribution >= 4 is 82.1 Å². The molecule has 1 aromatic heterocycles. The minimum Gasteiger partial charge on any atom is -0.456 e. The van der Waals surface area contributed by atoms with Crippen molar-refractivity contribution in [3.05, 3.63) is 200 Å². The second kappa shape index (κ2) is 12.2. The summed E-state index contributed by atoms with van der Waals surface area (Å²) in [5.74, 6) is 0. The standard InChI is InChI=1S/C52H33NO/c1-3-20-40-36(14-1)32-47(44-24-7-5-22-42(40)44)34-16-11-18-38(30-34)53(49-27-13-29-51-52(49)46-26-9-10-28-50(46)54-51)39-19-12-17-35(31-39)48-33-37-15-2-4-21-41(37)43-23-6-8-25-45(43)48/h1-33H. The quantitative estimate of drug-likeness (QED) is 0.168. The average molecular weight is 688 g/mol. The van der Waals surface area contributed by atoms with Crippen LogP contribution in [0.1, 0.15) is 0 Å². The van der Waals surface area contributed by atoms with Crippen LogP contribution in [-0.2, 0) is 0 Å². The summed E-state index contributed by atoms with van der Waals surface area (Å²) in [6.07, 6.45) is 0. The maximum Gasteiger partial charge on any atom is 0.137 e. The fraction of sp³-hybridized carbons (Fsp3) is 0. The van der Waals surface area contributed by atoms with Gasteiger partial charge in [0.1, 0.15) is 11.2 Å². The van der Waals surface area contributed by atoms with Crippen molar-refractivity contribution in [1.82, 2.24) is 0 Å². The Bertz CT molecular complexity index is 3080. The summed E-state index contributed by atoms with van der Waals surface area (Å²) < 4.78 is 6.45. The van der Waals surface area contributed by atoms with Gasteiger partial charge in [-0.25, -0.2) is 0 Å². The van der Waals surface area contributed by atoms with Gasteiger partial charge in [-0.2, -0.15) is 0 Å². The van der Waals surface area contributed by atoms with E-state index in [1.807, 2.05) is 6.07 Å². The highest BCUT2D eigenvalue weighted by Crippen LogP contribution is 2.46. The molecule has 0 spiro atoms. The fourth-order valence-corrected chi connectivity index (χ4v) is 8.58. The zero-order valence-electron chi connectivity index (χ0n) is 29.4. The molecule has 0 aliphatic rings. The first-order valence-electron chi connectivity index (χ1n) is 18.5. The van der Waals surface area contributed by atoms with Gasteiger partial charge in [-0.1, -0.05) is 146 Å². The Morgan fingerprint density at radius 2 is 0.759 bits per heavy atom. The third-order valence-electron chi connectivity index (χ3n) is 11.0. The van der Waals surface area contributed by atoms with Crippen LogP contribution in [0.4, 0.5) is 17.1 Å². The first-order valence-corrected chi connectivity index (χ1v) is 18.5. The molecule has 2 nitrogen and oxygen atoms in total. The van der Waals surface area contributed by atoms with E-state index < -0.39 is 0 Å². The molecule has 0 saturated heterocycles. The Hall–Kier alpha value is -7.16. The van der Waals surface area contributed by atoms with Crippen molar-refractivity contribution in [3.63, 3.8) is 0 Å². The van der Waals surface area contributed by atoms with Gasteiger partial charge >= 0.3 is 0 Å². The molecule has 11 rings (SSSR count). The fourth-order valence-electron chi connectivity index (χ4n) is 8.58. The van der Waals surface area contributed by atoms with Gasteiger partial charge in [0.2, 0.25) is 0 Å². The Morgan fingerprint density at radius 1 is 0.315 bits per heavy atom. The molecule has 0 aliphatic carbocycles. The lowest BCUT2D eigenvalue weighted by molar-refractivity contribution is 0.669. The van der Waals surface area contributed by atoms with Crippen molar-refractivity contribution in [1.29, 1.82) is 0 Å². The predicted octanol–water partition coefficient (Wildman–Crippen LogP) is 15.0. The molecule has 2 heteroatoms. The molecule has 11 aromatic rings. The Labute approximate surface area is 312 Å². The number of nitrogens with zero attached hydrogens (tertiary/aromatic N) is 1. The highest BCUT2D eigenvalue weighted by molar-refractivity contribution is 6.16. The highest BCUT2D eigenvalue weighted by atomic mass is 16.3. The zero-order chi connectivity index (χ0) is 35.6. The average Bonchev–Trinajstić information content (AvgIpc) is 3.63. The summed E-state index contributed by atoms with van der Waals surface area (Å²) >= 11 is 0. The van der Waals surface area contributed by atoms with Crippen molar-refractivity contribution in [2.45, 2.75) is 0 Å². The first-order chi connectivity index (χ1) is 26.8. The van der Waals surface area contributed by atoms with Gasteiger partial charge in [-0.05, 0) is 120 Å². The predicted molar refractivity (Wildman–Crippen MR) is 229 cm³/mol. The number of furan rings is 1. The van der Waals surface area contributed by atoms with Crippen molar-refractivity contribution < 1.29 is 4.42 Å². The van der Waals surface area contributed by atoms with Gasteiger partial charge in [0.15, 0.2) is 0 Å². The van der Waals surface area contributed by atoms with Crippen LogP contribution in [0, 0.1) is 0 Å². The molecule has 0 fully saturated rings. The molecule has 0 atom stereocenters. The number of benzene rings is 10. The summed E-state index contributed by atoms with van der Waals surface area (Å²) in [6, 6.07) is 72.4. The molecule has 0 aliphatic heterocycles. The summed E-state index contributed by atoms with van der Waals surface area (Å²) in [7, 11) is 0. The maximum atomic E-state index is 6.45. The van der Waals surface area contributed by atoms with E-state index in [0.717, 1.165) is 39.0 Å². The zero-order valence-corrected chi connectivity index (χ0v) is 29.4. The summed E-state index contributed by atoms with van der Waals surface area (Å²) in [4.78, 5) is 2.41. The van der Waals surface area contributed by atoms with E-state index in [4.69, 9.17) is 4.42 Å². The summed E-state index contributed by atoms with van der Waals surface area (Å²) in [5, 5.41) is 12.2. The number of para-hydroxylation sites is 1. The highest BCUT2D eigenvalue weighted by Gasteiger charge is 2.21. The smallest absolute Gasteiger partial charge is 0.137 e. The third kappa shape index (κ3) is 4.81. The van der Waals surface area contributed by atoms with Crippen LogP contribution in [0.2, 0.25) is 0 Å². The van der Waals surface area contributed by atoms with Gasteiger partial charge in [0.25, 0.3) is 0 Å². The Balaban J connectivity index is 1.17. The third-order valence-corrected chi connectivity index (χ3v) is 11.0. The van der Waals surface area contributed by atoms with Crippen LogP contribution in [0.25, 0.3) is 87.3 Å². The van der Waals surface area contributed by atoms with Gasteiger partial charge in [0.05, 0.1) is 11.1 Å². The summed E-state index contributed by atoms with van der Waals surface area (Å²) in [6.45, 7) is 0. The van der Waals surface area contributed by atoms with E-state index in [2.05, 4.69) is 199 Å². The normalized spacial score (nSPS) is 11.7. The number of rotatable bonds is 5. The number of anilines is 3. The van der Waals surface area contributed by atoms with Crippen LogP contribution >= 0.6 is 0 Å². The van der Waals surface area contributed by atoms with Gasteiger partial charge in [-0.15, -0.1) is 0 Å². The largest absolute Gasteiger partial charge is 0.456 e. The molecule has 0 N–H and O–H groups in total. The van der Waals surface area contributed by atoms with E-state index in [-0.39, 0.29) is 0 Å². The second-order valence-corrected chi connectivity index (χ2v) is 14.1. The van der Waals surface area contributed by atoms with Crippen molar-refractivity contribution in [3.8, 4) is 22.3 Å². The Kier molecular flexibility index (Phi) is 6.90. The minimum absolute atomic E-state index is 0.868. The lowest BCUT2D eigenvalue weighted by atomic mass is 9.92. The lowest BCUT2D eigenvalue weighted by Gasteiger charge is -2.27. The van der Waals surface area contributed by atoms with E-state index in [9.17, 15) is 0 Å². The van der Waals surface area contributed by atoms with Crippen LogP contribution < -0.4 is 4.90 Å². The molecule has 0 bridgehead atoms. The molecule has 0 unspecified atom stereocenters. The van der Waals surface area contributed by atoms with Gasteiger partial charge in [-0.3, -0.25) is 0 Å². The monoisotopic (exact) mass is 687 g/mol. The molecule has 10 aromatic carbocycles. The molecule has 54 heavy (non-hydrogen) atoms. The van der Waals surface area contributed by atoms with Crippen LogP contribution in [0.3, 0.4) is 0 Å². The SMILES string of the molecule is c1cc(-c2cc3ccccc3c3ccccc23)cc(N(c2cccc(-c3cc4ccccc4c4ccccc34)c2)c2cccc3oc4ccccc4c23)c1. The van der Waals surface area contributed by atoms with E-state index in [0.29, 0.717) is 0 Å². The van der Waals surface area contributed by atoms with E-state index in [1.54, 1.807) is 0 Å².